The summed E-state index contributed by atoms with van der Waals surface area (Å²) < 4.78 is 5.18. The first-order valence-electron chi connectivity index (χ1n) is 10.0. The van der Waals surface area contributed by atoms with Gasteiger partial charge in [0.1, 0.15) is 11.5 Å². The van der Waals surface area contributed by atoms with Crippen LogP contribution in [-0.2, 0) is 25.8 Å². The molecule has 158 valence electrons. The second-order valence-corrected chi connectivity index (χ2v) is 9.04. The summed E-state index contributed by atoms with van der Waals surface area (Å²) in [5, 5.41) is 1.65. The lowest BCUT2D eigenvalue weighted by Gasteiger charge is -2.45. The van der Waals surface area contributed by atoms with Gasteiger partial charge in [-0.25, -0.2) is 4.79 Å². The quantitative estimate of drug-likeness (QED) is 0.721. The van der Waals surface area contributed by atoms with E-state index in [4.69, 9.17) is 9.57 Å². The molecule has 7 heteroatoms. The summed E-state index contributed by atoms with van der Waals surface area (Å²) in [7, 11) is 1.61. The van der Waals surface area contributed by atoms with Crippen LogP contribution in [0.5, 0.6) is 5.75 Å². The van der Waals surface area contributed by atoms with Gasteiger partial charge < -0.3 is 14.5 Å². The molecule has 2 fully saturated rings. The Hall–Kier alpha value is -2.41. The number of carbonyl (C=O) groups excluding carboxylic acids is 3. The van der Waals surface area contributed by atoms with Gasteiger partial charge in [0.05, 0.1) is 18.9 Å². The molecule has 0 radical (unpaired) electrons. The standard InChI is InChI=1S/C22H30N2O5/c1-21(2,3)20(27)29-24-11-9-22(10-12-24)15-23(19(26)13-18(22)25)14-16-5-7-17(28-4)8-6-16/h5-8H,9-15H2,1-4H3. The van der Waals surface area contributed by atoms with E-state index in [-0.39, 0.29) is 24.1 Å². The first-order valence-corrected chi connectivity index (χ1v) is 10.0. The largest absolute Gasteiger partial charge is 0.497 e. The van der Waals surface area contributed by atoms with Crippen LogP contribution in [0.2, 0.25) is 0 Å². The van der Waals surface area contributed by atoms with Crippen LogP contribution in [0.3, 0.4) is 0 Å². The van der Waals surface area contributed by atoms with Gasteiger partial charge in [0.15, 0.2) is 0 Å². The number of ketones is 1. The molecule has 0 bridgehead atoms. The first kappa shape index (κ1) is 21.3. The van der Waals surface area contributed by atoms with Crippen molar-refractivity contribution >= 4 is 17.7 Å². The van der Waals surface area contributed by atoms with E-state index in [2.05, 4.69) is 0 Å². The molecule has 1 amide bonds. The van der Waals surface area contributed by atoms with Crippen molar-refractivity contribution in [1.29, 1.82) is 0 Å². The highest BCUT2D eigenvalue weighted by Gasteiger charge is 2.48. The molecule has 2 heterocycles. The maximum absolute atomic E-state index is 12.8. The van der Waals surface area contributed by atoms with E-state index in [1.165, 1.54) is 0 Å². The SMILES string of the molecule is COc1ccc(CN2CC3(CCN(OC(=O)C(C)(C)C)CC3)C(=O)CC2=O)cc1. The van der Waals surface area contributed by atoms with Crippen LogP contribution in [0.1, 0.15) is 45.6 Å². The predicted molar refractivity (Wildman–Crippen MR) is 107 cm³/mol. The first-order chi connectivity index (χ1) is 13.6. The van der Waals surface area contributed by atoms with Gasteiger partial charge in [0, 0.05) is 31.6 Å². The lowest BCUT2D eigenvalue weighted by molar-refractivity contribution is -0.210. The lowest BCUT2D eigenvalue weighted by Crippen LogP contribution is -2.56. The van der Waals surface area contributed by atoms with Crippen molar-refractivity contribution in [2.45, 2.75) is 46.6 Å². The minimum absolute atomic E-state index is 0.00952. The molecule has 0 saturated carbocycles. The van der Waals surface area contributed by atoms with Crippen molar-refractivity contribution in [3.05, 3.63) is 29.8 Å². The van der Waals surface area contributed by atoms with Crippen LogP contribution in [0.4, 0.5) is 0 Å². The molecule has 1 aromatic rings. The molecular formula is C22H30N2O5. The third kappa shape index (κ3) is 4.78. The second-order valence-electron chi connectivity index (χ2n) is 9.04. The van der Waals surface area contributed by atoms with E-state index < -0.39 is 10.8 Å². The molecule has 2 saturated heterocycles. The van der Waals surface area contributed by atoms with Crippen molar-refractivity contribution in [2.24, 2.45) is 10.8 Å². The topological polar surface area (TPSA) is 76.2 Å². The van der Waals surface area contributed by atoms with Crippen LogP contribution in [0.25, 0.3) is 0 Å². The van der Waals surface area contributed by atoms with Crippen molar-refractivity contribution < 1.29 is 24.0 Å². The van der Waals surface area contributed by atoms with Crippen molar-refractivity contribution in [3.63, 3.8) is 0 Å². The summed E-state index contributed by atoms with van der Waals surface area (Å²) in [6.07, 6.45) is 1.10. The number of nitrogens with zero attached hydrogens (tertiary/aromatic N) is 2. The number of rotatable bonds is 4. The van der Waals surface area contributed by atoms with Gasteiger partial charge in [0.25, 0.3) is 0 Å². The average Bonchev–Trinajstić information content (AvgIpc) is 2.67. The van der Waals surface area contributed by atoms with Crippen LogP contribution in [0, 0.1) is 10.8 Å². The summed E-state index contributed by atoms with van der Waals surface area (Å²) in [5.74, 6) is 0.371. The monoisotopic (exact) mass is 402 g/mol. The summed E-state index contributed by atoms with van der Waals surface area (Å²) >= 11 is 0. The summed E-state index contributed by atoms with van der Waals surface area (Å²) in [4.78, 5) is 44.6. The van der Waals surface area contributed by atoms with Gasteiger partial charge in [-0.15, -0.1) is 5.06 Å². The molecule has 2 aliphatic heterocycles. The molecule has 1 aromatic carbocycles. The minimum atomic E-state index is -0.572. The Kier molecular flexibility index (Phi) is 5.98. The van der Waals surface area contributed by atoms with Crippen molar-refractivity contribution in [1.82, 2.24) is 9.96 Å². The number of Topliss-reactive ketones (excluding diaryl/α,β-unsaturated/α-hetero) is 1. The predicted octanol–water partition coefficient (Wildman–Crippen LogP) is 2.58. The van der Waals surface area contributed by atoms with Crippen molar-refractivity contribution in [2.75, 3.05) is 26.7 Å². The van der Waals surface area contributed by atoms with Crippen LogP contribution in [0.15, 0.2) is 24.3 Å². The Morgan fingerprint density at radius 3 is 2.28 bits per heavy atom. The number of amides is 1. The number of likely N-dealkylation sites (tertiary alicyclic amines) is 1. The Morgan fingerprint density at radius 2 is 1.72 bits per heavy atom. The van der Waals surface area contributed by atoms with Crippen molar-refractivity contribution in [3.8, 4) is 5.75 Å². The van der Waals surface area contributed by atoms with Gasteiger partial charge in [-0.1, -0.05) is 12.1 Å². The van der Waals surface area contributed by atoms with Gasteiger partial charge >= 0.3 is 5.97 Å². The zero-order valence-electron chi connectivity index (χ0n) is 17.7. The van der Waals surface area contributed by atoms with Gasteiger partial charge in [-0.2, -0.15) is 0 Å². The molecule has 1 spiro atoms. The summed E-state index contributed by atoms with van der Waals surface area (Å²) in [6, 6.07) is 7.60. The third-order valence-electron chi connectivity index (χ3n) is 5.79. The molecule has 0 atom stereocenters. The fourth-order valence-corrected chi connectivity index (χ4v) is 3.77. The highest BCUT2D eigenvalue weighted by Crippen LogP contribution is 2.38. The van der Waals surface area contributed by atoms with Crippen LogP contribution < -0.4 is 4.74 Å². The molecule has 0 N–H and O–H groups in total. The fourth-order valence-electron chi connectivity index (χ4n) is 3.77. The fraction of sp³-hybridized carbons (Fsp3) is 0.591. The molecule has 0 unspecified atom stereocenters. The molecule has 0 aliphatic carbocycles. The number of ether oxygens (including phenoxy) is 1. The smallest absolute Gasteiger partial charge is 0.330 e. The van der Waals surface area contributed by atoms with Gasteiger partial charge in [-0.05, 0) is 51.3 Å². The van der Waals surface area contributed by atoms with E-state index in [0.29, 0.717) is 39.0 Å². The van der Waals surface area contributed by atoms with E-state index in [1.807, 2.05) is 45.0 Å². The highest BCUT2D eigenvalue weighted by atomic mass is 16.7. The molecule has 0 aromatic heterocycles. The number of hydrogen-bond acceptors (Lipinski definition) is 6. The average molecular weight is 402 g/mol. The maximum Gasteiger partial charge on any atom is 0.330 e. The van der Waals surface area contributed by atoms with Gasteiger partial charge in [-0.3, -0.25) is 9.59 Å². The summed E-state index contributed by atoms with van der Waals surface area (Å²) in [6.45, 7) is 7.32. The van der Waals surface area contributed by atoms with Gasteiger partial charge in [0.2, 0.25) is 5.91 Å². The zero-order valence-corrected chi connectivity index (χ0v) is 17.7. The maximum atomic E-state index is 12.8. The number of carbonyl (C=O) groups is 3. The van der Waals surface area contributed by atoms with Crippen LogP contribution >= 0.6 is 0 Å². The van der Waals surface area contributed by atoms with E-state index >= 15 is 0 Å². The van der Waals surface area contributed by atoms with E-state index in [9.17, 15) is 14.4 Å². The third-order valence-corrected chi connectivity index (χ3v) is 5.79. The number of hydrogen-bond donors (Lipinski definition) is 0. The van der Waals surface area contributed by atoms with E-state index in [0.717, 1.165) is 11.3 Å². The molecule has 7 nitrogen and oxygen atoms in total. The number of methoxy groups -OCH3 is 1. The number of piperidine rings is 2. The normalized spacial score (nSPS) is 20.1. The Balaban J connectivity index is 1.64. The second kappa shape index (κ2) is 8.14. The summed E-state index contributed by atoms with van der Waals surface area (Å²) in [5.41, 5.74) is -0.122. The lowest BCUT2D eigenvalue weighted by atomic mass is 9.71. The molecular weight excluding hydrogens is 372 g/mol. The molecule has 29 heavy (non-hydrogen) atoms. The number of benzene rings is 1. The Morgan fingerprint density at radius 1 is 1.10 bits per heavy atom. The minimum Gasteiger partial charge on any atom is -0.497 e. The number of hydroxylamine groups is 2. The molecule has 3 rings (SSSR count). The van der Waals surface area contributed by atoms with Crippen LogP contribution in [-0.4, -0.2) is 54.4 Å². The Labute approximate surface area is 171 Å². The Bertz CT molecular complexity index is 773. The molecule has 2 aliphatic rings. The highest BCUT2D eigenvalue weighted by molar-refractivity contribution is 6.03. The van der Waals surface area contributed by atoms with E-state index in [1.54, 1.807) is 17.1 Å². The zero-order chi connectivity index (χ0) is 21.2.